The standard InChI is InChI=1S/C14H23N3/c1-11-9-12(10-15-14(11)16(2)3)13-7-5-6-8-17(13)4/h9-10,13H,5-8H2,1-4H3/t13-/m0/s1. The molecule has 1 aromatic heterocycles. The zero-order valence-electron chi connectivity index (χ0n) is 11.4. The van der Waals surface area contributed by atoms with Gasteiger partial charge in [-0.15, -0.1) is 0 Å². The average molecular weight is 233 g/mol. The lowest BCUT2D eigenvalue weighted by molar-refractivity contribution is 0.187. The molecule has 94 valence electrons. The van der Waals surface area contributed by atoms with Crippen LogP contribution in [0.4, 0.5) is 5.82 Å². The van der Waals surface area contributed by atoms with Gasteiger partial charge in [-0.2, -0.15) is 0 Å². The SMILES string of the molecule is Cc1cc([C@@H]2CCCCN2C)cnc1N(C)C. The molecule has 1 aliphatic rings. The Balaban J connectivity index is 2.24. The van der Waals surface area contributed by atoms with E-state index in [1.54, 1.807) is 0 Å². The maximum atomic E-state index is 4.59. The molecule has 0 N–H and O–H groups in total. The van der Waals surface area contributed by atoms with E-state index in [0.717, 1.165) is 5.82 Å². The third-order valence-electron chi connectivity index (χ3n) is 3.65. The van der Waals surface area contributed by atoms with Crippen molar-refractivity contribution in [3.63, 3.8) is 0 Å². The minimum absolute atomic E-state index is 0.561. The smallest absolute Gasteiger partial charge is 0.130 e. The van der Waals surface area contributed by atoms with Crippen molar-refractivity contribution in [2.24, 2.45) is 0 Å². The molecule has 1 aromatic rings. The molecular formula is C14H23N3. The van der Waals surface area contributed by atoms with Gasteiger partial charge in [0.05, 0.1) is 0 Å². The van der Waals surface area contributed by atoms with Crippen LogP contribution >= 0.6 is 0 Å². The number of hydrogen-bond acceptors (Lipinski definition) is 3. The summed E-state index contributed by atoms with van der Waals surface area (Å²) in [5.41, 5.74) is 2.64. The first-order chi connectivity index (χ1) is 8.09. The van der Waals surface area contributed by atoms with Crippen LogP contribution in [-0.2, 0) is 0 Å². The molecule has 1 saturated heterocycles. The first kappa shape index (κ1) is 12.4. The average Bonchev–Trinajstić information content (AvgIpc) is 2.29. The van der Waals surface area contributed by atoms with E-state index >= 15 is 0 Å². The Bertz CT molecular complexity index is 387. The minimum atomic E-state index is 0.561. The van der Waals surface area contributed by atoms with Gasteiger partial charge in [-0.1, -0.05) is 6.42 Å². The van der Waals surface area contributed by atoms with Crippen molar-refractivity contribution in [3.8, 4) is 0 Å². The highest BCUT2D eigenvalue weighted by Gasteiger charge is 2.21. The molecule has 1 aliphatic heterocycles. The van der Waals surface area contributed by atoms with Crippen molar-refractivity contribution in [1.29, 1.82) is 0 Å². The quantitative estimate of drug-likeness (QED) is 0.783. The molecule has 2 heterocycles. The molecular weight excluding hydrogens is 210 g/mol. The summed E-state index contributed by atoms with van der Waals surface area (Å²) >= 11 is 0. The Kier molecular flexibility index (Phi) is 3.67. The summed E-state index contributed by atoms with van der Waals surface area (Å²) in [4.78, 5) is 9.11. The van der Waals surface area contributed by atoms with E-state index in [9.17, 15) is 0 Å². The Morgan fingerprint density at radius 1 is 1.35 bits per heavy atom. The number of piperidine rings is 1. The Morgan fingerprint density at radius 3 is 2.71 bits per heavy atom. The van der Waals surface area contributed by atoms with Crippen LogP contribution in [0.15, 0.2) is 12.3 Å². The van der Waals surface area contributed by atoms with Crippen molar-refractivity contribution in [2.75, 3.05) is 32.6 Å². The van der Waals surface area contributed by atoms with Gasteiger partial charge in [0.1, 0.15) is 5.82 Å². The van der Waals surface area contributed by atoms with Crippen LogP contribution in [-0.4, -0.2) is 37.6 Å². The lowest BCUT2D eigenvalue weighted by Crippen LogP contribution is -2.29. The highest BCUT2D eigenvalue weighted by Crippen LogP contribution is 2.30. The van der Waals surface area contributed by atoms with Crippen molar-refractivity contribution in [3.05, 3.63) is 23.4 Å². The summed E-state index contributed by atoms with van der Waals surface area (Å²) in [6.07, 6.45) is 5.98. The second-order valence-corrected chi connectivity index (χ2v) is 5.30. The Labute approximate surface area is 104 Å². The molecule has 0 unspecified atom stereocenters. The maximum absolute atomic E-state index is 4.59. The zero-order chi connectivity index (χ0) is 12.4. The number of nitrogens with zero attached hydrogens (tertiary/aromatic N) is 3. The minimum Gasteiger partial charge on any atom is -0.363 e. The fourth-order valence-electron chi connectivity index (χ4n) is 2.74. The highest BCUT2D eigenvalue weighted by atomic mass is 15.1. The van der Waals surface area contributed by atoms with Gasteiger partial charge in [-0.3, -0.25) is 4.90 Å². The second-order valence-electron chi connectivity index (χ2n) is 5.30. The van der Waals surface area contributed by atoms with E-state index < -0.39 is 0 Å². The molecule has 0 radical (unpaired) electrons. The van der Waals surface area contributed by atoms with Crippen LogP contribution in [0, 0.1) is 6.92 Å². The number of anilines is 1. The zero-order valence-corrected chi connectivity index (χ0v) is 11.4. The number of rotatable bonds is 2. The molecule has 3 nitrogen and oxygen atoms in total. The molecule has 0 bridgehead atoms. The van der Waals surface area contributed by atoms with Crippen molar-refractivity contribution in [1.82, 2.24) is 9.88 Å². The first-order valence-electron chi connectivity index (χ1n) is 6.43. The van der Waals surface area contributed by atoms with Gasteiger partial charge in [0.15, 0.2) is 0 Å². The molecule has 2 rings (SSSR count). The van der Waals surface area contributed by atoms with Crippen molar-refractivity contribution in [2.45, 2.75) is 32.2 Å². The monoisotopic (exact) mass is 233 g/mol. The normalized spacial score (nSPS) is 21.5. The summed E-state index contributed by atoms with van der Waals surface area (Å²) < 4.78 is 0. The van der Waals surface area contributed by atoms with Gasteiger partial charge in [-0.05, 0) is 50.6 Å². The van der Waals surface area contributed by atoms with E-state index in [0.29, 0.717) is 6.04 Å². The third-order valence-corrected chi connectivity index (χ3v) is 3.65. The van der Waals surface area contributed by atoms with Gasteiger partial charge in [-0.25, -0.2) is 4.98 Å². The van der Waals surface area contributed by atoms with E-state index in [1.165, 1.54) is 36.9 Å². The summed E-state index contributed by atoms with van der Waals surface area (Å²) in [5.74, 6) is 1.08. The number of aryl methyl sites for hydroxylation is 1. The molecule has 3 heteroatoms. The van der Waals surface area contributed by atoms with Gasteiger partial charge < -0.3 is 4.90 Å². The molecule has 0 saturated carbocycles. The fourth-order valence-corrected chi connectivity index (χ4v) is 2.74. The van der Waals surface area contributed by atoms with E-state index in [4.69, 9.17) is 0 Å². The molecule has 17 heavy (non-hydrogen) atoms. The van der Waals surface area contributed by atoms with Crippen LogP contribution in [0.25, 0.3) is 0 Å². The molecule has 0 aromatic carbocycles. The topological polar surface area (TPSA) is 19.4 Å². The summed E-state index contributed by atoms with van der Waals surface area (Å²) in [5, 5.41) is 0. The number of pyridine rings is 1. The molecule has 0 aliphatic carbocycles. The number of aromatic nitrogens is 1. The van der Waals surface area contributed by atoms with Crippen molar-refractivity contribution < 1.29 is 0 Å². The number of hydrogen-bond donors (Lipinski definition) is 0. The van der Waals surface area contributed by atoms with Crippen LogP contribution < -0.4 is 4.90 Å². The Morgan fingerprint density at radius 2 is 2.12 bits per heavy atom. The lowest BCUT2D eigenvalue weighted by atomic mass is 9.96. The Hall–Kier alpha value is -1.09. The van der Waals surface area contributed by atoms with Crippen LogP contribution in [0.3, 0.4) is 0 Å². The van der Waals surface area contributed by atoms with Crippen molar-refractivity contribution >= 4 is 5.82 Å². The molecule has 0 spiro atoms. The van der Waals surface area contributed by atoms with Crippen LogP contribution in [0.5, 0.6) is 0 Å². The number of likely N-dealkylation sites (tertiary alicyclic amines) is 1. The van der Waals surface area contributed by atoms with E-state index in [-0.39, 0.29) is 0 Å². The molecule has 0 amide bonds. The van der Waals surface area contributed by atoms with E-state index in [2.05, 4.69) is 41.0 Å². The first-order valence-corrected chi connectivity index (χ1v) is 6.43. The summed E-state index contributed by atoms with van der Waals surface area (Å²) in [7, 11) is 6.31. The molecule has 1 atom stereocenters. The van der Waals surface area contributed by atoms with Crippen LogP contribution in [0.2, 0.25) is 0 Å². The lowest BCUT2D eigenvalue weighted by Gasteiger charge is -2.33. The second kappa shape index (κ2) is 5.05. The predicted molar refractivity (Wildman–Crippen MR) is 72.5 cm³/mol. The predicted octanol–water partition coefficient (Wildman–Crippen LogP) is 2.61. The highest BCUT2D eigenvalue weighted by molar-refractivity contribution is 5.46. The van der Waals surface area contributed by atoms with Crippen LogP contribution in [0.1, 0.15) is 36.4 Å². The van der Waals surface area contributed by atoms with E-state index in [1.807, 2.05) is 14.1 Å². The largest absolute Gasteiger partial charge is 0.363 e. The van der Waals surface area contributed by atoms with Gasteiger partial charge in [0.2, 0.25) is 0 Å². The van der Waals surface area contributed by atoms with Gasteiger partial charge in [0.25, 0.3) is 0 Å². The molecule has 1 fully saturated rings. The summed E-state index contributed by atoms with van der Waals surface area (Å²) in [6.45, 7) is 3.35. The van der Waals surface area contributed by atoms with Gasteiger partial charge in [0, 0.05) is 26.3 Å². The third kappa shape index (κ3) is 2.60. The fraction of sp³-hybridized carbons (Fsp3) is 0.643. The maximum Gasteiger partial charge on any atom is 0.130 e. The summed E-state index contributed by atoms with van der Waals surface area (Å²) in [6, 6.07) is 2.86. The van der Waals surface area contributed by atoms with Gasteiger partial charge >= 0.3 is 0 Å².